The van der Waals surface area contributed by atoms with Crippen LogP contribution in [0, 0.1) is 0 Å². The zero-order valence-corrected chi connectivity index (χ0v) is 13.7. The van der Waals surface area contributed by atoms with Gasteiger partial charge in [0.2, 0.25) is 0 Å². The van der Waals surface area contributed by atoms with Gasteiger partial charge in [-0.3, -0.25) is 9.59 Å². The number of rotatable bonds is 5. The first kappa shape index (κ1) is 16.9. The minimum atomic E-state index is -0.376. The summed E-state index contributed by atoms with van der Waals surface area (Å²) in [5.74, 6) is 0.839. The van der Waals surface area contributed by atoms with Gasteiger partial charge in [-0.25, -0.2) is 0 Å². The van der Waals surface area contributed by atoms with Gasteiger partial charge in [0.15, 0.2) is 0 Å². The first-order valence-corrected chi connectivity index (χ1v) is 7.88. The van der Waals surface area contributed by atoms with Gasteiger partial charge in [-0.1, -0.05) is 0 Å². The zero-order valence-electron chi connectivity index (χ0n) is 12.9. The molecule has 0 bridgehead atoms. The van der Waals surface area contributed by atoms with Crippen LogP contribution in [0.1, 0.15) is 13.8 Å². The molecule has 0 spiro atoms. The highest BCUT2D eigenvalue weighted by molar-refractivity contribution is 8.13. The number of nitrogens with one attached hydrogen (secondary N) is 1. The second-order valence-electron chi connectivity index (χ2n) is 4.54. The Kier molecular flexibility index (Phi) is 6.05. The summed E-state index contributed by atoms with van der Waals surface area (Å²) >= 11 is 1.06. The number of thioether (sulfide) groups is 1. The van der Waals surface area contributed by atoms with E-state index in [2.05, 4.69) is 5.32 Å². The van der Waals surface area contributed by atoms with E-state index in [1.807, 2.05) is 6.92 Å². The standard InChI is InChI=1S/C17H17NO4S/c1-3-21-14-6-4-13(5-7-14)18-17(20)23-16-10-8-15(9-11-16)22-12(2)19/h4-11H,3H2,1-2H3,(H,18,20). The summed E-state index contributed by atoms with van der Waals surface area (Å²) in [7, 11) is 0. The Balaban J connectivity index is 1.90. The van der Waals surface area contributed by atoms with Crippen LogP contribution < -0.4 is 14.8 Å². The molecule has 23 heavy (non-hydrogen) atoms. The van der Waals surface area contributed by atoms with Gasteiger partial charge in [0, 0.05) is 17.5 Å². The van der Waals surface area contributed by atoms with Gasteiger partial charge < -0.3 is 14.8 Å². The molecule has 0 unspecified atom stereocenters. The van der Waals surface area contributed by atoms with Gasteiger partial charge in [0.25, 0.3) is 5.24 Å². The van der Waals surface area contributed by atoms with Gasteiger partial charge in [0.05, 0.1) is 6.61 Å². The van der Waals surface area contributed by atoms with Crippen molar-refractivity contribution in [2.75, 3.05) is 11.9 Å². The fourth-order valence-corrected chi connectivity index (χ4v) is 2.45. The SMILES string of the molecule is CCOc1ccc(NC(=O)Sc2ccc(OC(C)=O)cc2)cc1. The number of carbonyl (C=O) groups is 2. The van der Waals surface area contributed by atoms with Crippen molar-refractivity contribution < 1.29 is 19.1 Å². The van der Waals surface area contributed by atoms with Gasteiger partial charge in [-0.15, -0.1) is 0 Å². The molecule has 1 N–H and O–H groups in total. The van der Waals surface area contributed by atoms with Crippen LogP contribution in [0.15, 0.2) is 53.4 Å². The molecule has 0 radical (unpaired) electrons. The van der Waals surface area contributed by atoms with Gasteiger partial charge in [-0.05, 0) is 67.2 Å². The summed E-state index contributed by atoms with van der Waals surface area (Å²) in [6, 6.07) is 13.9. The maximum Gasteiger partial charge on any atom is 0.308 e. The zero-order chi connectivity index (χ0) is 16.7. The van der Waals surface area contributed by atoms with Crippen LogP contribution in [-0.4, -0.2) is 17.8 Å². The maximum atomic E-state index is 12.0. The van der Waals surface area contributed by atoms with Crippen molar-refractivity contribution in [3.05, 3.63) is 48.5 Å². The summed E-state index contributed by atoms with van der Waals surface area (Å²) in [6.07, 6.45) is 0. The fraction of sp³-hybridized carbons (Fsp3) is 0.176. The average molecular weight is 331 g/mol. The fourth-order valence-electron chi connectivity index (χ4n) is 1.79. The van der Waals surface area contributed by atoms with Gasteiger partial charge in [-0.2, -0.15) is 0 Å². The first-order chi connectivity index (χ1) is 11.1. The quantitative estimate of drug-likeness (QED) is 0.502. The van der Waals surface area contributed by atoms with E-state index in [0.717, 1.165) is 22.4 Å². The number of hydrogen-bond donors (Lipinski definition) is 1. The largest absolute Gasteiger partial charge is 0.494 e. The number of carbonyl (C=O) groups excluding carboxylic acids is 2. The molecule has 0 fully saturated rings. The maximum absolute atomic E-state index is 12.0. The lowest BCUT2D eigenvalue weighted by atomic mass is 10.3. The van der Waals surface area contributed by atoms with E-state index in [1.165, 1.54) is 6.92 Å². The molecule has 0 aliphatic heterocycles. The number of amides is 1. The molecule has 0 saturated heterocycles. The van der Waals surface area contributed by atoms with E-state index >= 15 is 0 Å². The molecule has 0 aliphatic carbocycles. The van der Waals surface area contributed by atoms with Crippen molar-refractivity contribution >= 4 is 28.7 Å². The second kappa shape index (κ2) is 8.24. The Morgan fingerprint density at radius 2 is 1.61 bits per heavy atom. The molecule has 0 aromatic heterocycles. The third-order valence-corrected chi connectivity index (χ3v) is 3.50. The number of ether oxygens (including phenoxy) is 2. The average Bonchev–Trinajstić information content (AvgIpc) is 2.51. The van der Waals surface area contributed by atoms with E-state index in [4.69, 9.17) is 9.47 Å². The predicted octanol–water partition coefficient (Wildman–Crippen LogP) is 4.33. The van der Waals surface area contributed by atoms with Crippen molar-refractivity contribution in [1.29, 1.82) is 0 Å². The molecule has 0 aliphatic rings. The lowest BCUT2D eigenvalue weighted by molar-refractivity contribution is -0.131. The Morgan fingerprint density at radius 3 is 2.17 bits per heavy atom. The van der Waals surface area contributed by atoms with E-state index in [-0.39, 0.29) is 11.2 Å². The lowest BCUT2D eigenvalue weighted by Crippen LogP contribution is -2.04. The van der Waals surface area contributed by atoms with Crippen molar-refractivity contribution in [3.63, 3.8) is 0 Å². The summed E-state index contributed by atoms with van der Waals surface area (Å²) < 4.78 is 10.3. The highest BCUT2D eigenvalue weighted by atomic mass is 32.2. The Morgan fingerprint density at radius 1 is 1.00 bits per heavy atom. The molecule has 0 saturated carbocycles. The molecule has 1 amide bonds. The van der Waals surface area contributed by atoms with Crippen molar-refractivity contribution in [1.82, 2.24) is 0 Å². The van der Waals surface area contributed by atoms with Crippen molar-refractivity contribution in [2.45, 2.75) is 18.7 Å². The van der Waals surface area contributed by atoms with Crippen LogP contribution in [0.5, 0.6) is 11.5 Å². The molecule has 120 valence electrons. The van der Waals surface area contributed by atoms with Crippen LogP contribution in [-0.2, 0) is 4.79 Å². The molecule has 0 heterocycles. The van der Waals surface area contributed by atoms with Crippen LogP contribution in [0.2, 0.25) is 0 Å². The third kappa shape index (κ3) is 5.67. The molecule has 2 rings (SSSR count). The van der Waals surface area contributed by atoms with Crippen molar-refractivity contribution in [3.8, 4) is 11.5 Å². The van der Waals surface area contributed by atoms with E-state index in [1.54, 1.807) is 48.5 Å². The monoisotopic (exact) mass is 331 g/mol. The Labute approximate surface area is 139 Å². The Hall–Kier alpha value is -2.47. The van der Waals surface area contributed by atoms with E-state index in [0.29, 0.717) is 18.0 Å². The molecular weight excluding hydrogens is 314 g/mol. The lowest BCUT2D eigenvalue weighted by Gasteiger charge is -2.07. The topological polar surface area (TPSA) is 64.6 Å². The van der Waals surface area contributed by atoms with E-state index < -0.39 is 0 Å². The summed E-state index contributed by atoms with van der Waals surface area (Å²) in [5.41, 5.74) is 0.697. The second-order valence-corrected chi connectivity index (χ2v) is 5.58. The number of anilines is 1. The molecule has 6 heteroatoms. The van der Waals surface area contributed by atoms with Crippen LogP contribution >= 0.6 is 11.8 Å². The summed E-state index contributed by atoms with van der Waals surface area (Å²) in [4.78, 5) is 23.6. The molecule has 0 atom stereocenters. The smallest absolute Gasteiger partial charge is 0.308 e. The molecular formula is C17H17NO4S. The first-order valence-electron chi connectivity index (χ1n) is 7.07. The number of benzene rings is 2. The highest BCUT2D eigenvalue weighted by Crippen LogP contribution is 2.24. The predicted molar refractivity (Wildman–Crippen MR) is 90.2 cm³/mol. The summed E-state index contributed by atoms with van der Waals surface area (Å²) in [5, 5.41) is 2.59. The minimum absolute atomic E-state index is 0.200. The molecule has 2 aromatic carbocycles. The highest BCUT2D eigenvalue weighted by Gasteiger charge is 2.06. The van der Waals surface area contributed by atoms with Crippen molar-refractivity contribution in [2.24, 2.45) is 0 Å². The third-order valence-electron chi connectivity index (χ3n) is 2.71. The number of esters is 1. The van der Waals surface area contributed by atoms with Crippen LogP contribution in [0.4, 0.5) is 10.5 Å². The van der Waals surface area contributed by atoms with E-state index in [9.17, 15) is 9.59 Å². The van der Waals surface area contributed by atoms with Crippen LogP contribution in [0.3, 0.4) is 0 Å². The molecule has 2 aromatic rings. The van der Waals surface area contributed by atoms with Gasteiger partial charge >= 0.3 is 5.97 Å². The Bertz CT molecular complexity index is 668. The summed E-state index contributed by atoms with van der Waals surface area (Å²) in [6.45, 7) is 3.86. The molecule has 5 nitrogen and oxygen atoms in total. The number of hydrogen-bond acceptors (Lipinski definition) is 5. The van der Waals surface area contributed by atoms with Gasteiger partial charge in [0.1, 0.15) is 11.5 Å². The van der Waals surface area contributed by atoms with Crippen LogP contribution in [0.25, 0.3) is 0 Å². The normalized spacial score (nSPS) is 10.0. The minimum Gasteiger partial charge on any atom is -0.494 e.